The van der Waals surface area contributed by atoms with Gasteiger partial charge in [-0.15, -0.1) is 24.0 Å². The number of carbonyl (C=O) groups excluding carboxylic acids is 1. The van der Waals surface area contributed by atoms with Crippen LogP contribution in [0.4, 0.5) is 8.78 Å². The van der Waals surface area contributed by atoms with Gasteiger partial charge in [-0.25, -0.2) is 4.99 Å². The van der Waals surface area contributed by atoms with Gasteiger partial charge in [-0.2, -0.15) is 8.78 Å². The highest BCUT2D eigenvalue weighted by Gasteiger charge is 2.20. The van der Waals surface area contributed by atoms with Crippen LogP contribution in [0.5, 0.6) is 11.5 Å². The van der Waals surface area contributed by atoms with Crippen LogP contribution in [-0.2, 0) is 24.3 Å². The number of guanidine groups is 1. The highest BCUT2D eigenvalue weighted by Crippen LogP contribution is 2.26. The topological polar surface area (TPSA) is 75.2 Å². The van der Waals surface area contributed by atoms with E-state index in [9.17, 15) is 13.6 Å². The fourth-order valence-electron chi connectivity index (χ4n) is 3.50. The monoisotopic (exact) mass is 574 g/mol. The van der Waals surface area contributed by atoms with Crippen LogP contribution < -0.4 is 20.1 Å². The molecule has 0 radical (unpaired) electrons. The van der Waals surface area contributed by atoms with Crippen molar-refractivity contribution < 1.29 is 23.0 Å². The smallest absolute Gasteiger partial charge is 0.387 e. The quantitative estimate of drug-likeness (QED) is 0.287. The Morgan fingerprint density at radius 1 is 1.18 bits per heavy atom. The van der Waals surface area contributed by atoms with Crippen molar-refractivity contribution in [2.24, 2.45) is 4.99 Å². The Morgan fingerprint density at radius 2 is 1.94 bits per heavy atom. The van der Waals surface area contributed by atoms with Crippen LogP contribution in [0.1, 0.15) is 23.6 Å². The molecule has 0 unspecified atom stereocenters. The van der Waals surface area contributed by atoms with Crippen LogP contribution in [0.15, 0.2) is 47.5 Å². The Hall–Kier alpha value is -2.63. The van der Waals surface area contributed by atoms with E-state index in [1.165, 1.54) is 18.7 Å². The fourth-order valence-corrected chi connectivity index (χ4v) is 3.50. The third-order valence-corrected chi connectivity index (χ3v) is 5.13. The molecule has 33 heavy (non-hydrogen) atoms. The molecule has 0 aromatic heterocycles. The van der Waals surface area contributed by atoms with Crippen molar-refractivity contribution in [3.8, 4) is 11.5 Å². The van der Waals surface area contributed by atoms with Gasteiger partial charge in [-0.3, -0.25) is 4.79 Å². The lowest BCUT2D eigenvalue weighted by molar-refractivity contribution is -0.130. The van der Waals surface area contributed by atoms with Crippen molar-refractivity contribution in [1.29, 1.82) is 0 Å². The zero-order valence-corrected chi connectivity index (χ0v) is 21.0. The van der Waals surface area contributed by atoms with Gasteiger partial charge in [0.1, 0.15) is 11.5 Å². The van der Waals surface area contributed by atoms with Crippen molar-refractivity contribution in [2.75, 3.05) is 26.7 Å². The third-order valence-electron chi connectivity index (χ3n) is 5.13. The highest BCUT2D eigenvalue weighted by molar-refractivity contribution is 14.0. The van der Waals surface area contributed by atoms with E-state index in [1.807, 2.05) is 30.0 Å². The van der Waals surface area contributed by atoms with Gasteiger partial charge in [0.15, 0.2) is 5.96 Å². The number of alkyl halides is 2. The van der Waals surface area contributed by atoms with Crippen LogP contribution in [0.2, 0.25) is 0 Å². The van der Waals surface area contributed by atoms with Gasteiger partial charge in [0.2, 0.25) is 5.91 Å². The van der Waals surface area contributed by atoms with Crippen molar-refractivity contribution in [3.63, 3.8) is 0 Å². The molecule has 0 bridgehead atoms. The largest absolute Gasteiger partial charge is 0.497 e. The molecular weight excluding hydrogens is 545 g/mol. The summed E-state index contributed by atoms with van der Waals surface area (Å²) in [5, 5.41) is 6.09. The molecule has 0 fully saturated rings. The minimum absolute atomic E-state index is 0. The standard InChI is InChI=1S/C23H28F2N4O3.HI/c1-3-26-23(27-13-18-12-19(31-2)8-9-20(18)32-22(24)25)28-14-21(30)29-11-10-16-6-4-5-7-17(16)15-29;/h4-9,12,22H,3,10-11,13-15H2,1-2H3,(H2,26,27,28);1H. The second kappa shape index (κ2) is 13.2. The number of amides is 1. The summed E-state index contributed by atoms with van der Waals surface area (Å²) >= 11 is 0. The molecular formula is C23H29F2IN4O3. The summed E-state index contributed by atoms with van der Waals surface area (Å²) in [6, 6.07) is 12.7. The van der Waals surface area contributed by atoms with Crippen LogP contribution in [-0.4, -0.2) is 50.1 Å². The van der Waals surface area contributed by atoms with Gasteiger partial charge < -0.3 is 25.0 Å². The van der Waals surface area contributed by atoms with Crippen molar-refractivity contribution in [2.45, 2.75) is 33.0 Å². The zero-order valence-electron chi connectivity index (χ0n) is 18.6. The molecule has 0 aliphatic carbocycles. The minimum atomic E-state index is -2.94. The number of nitrogens with one attached hydrogen (secondary N) is 2. The summed E-state index contributed by atoms with van der Waals surface area (Å²) in [6.07, 6.45) is 0.832. The van der Waals surface area contributed by atoms with E-state index in [2.05, 4.69) is 26.4 Å². The number of methoxy groups -OCH3 is 1. The maximum absolute atomic E-state index is 12.7. The molecule has 1 aliphatic heterocycles. The number of aliphatic imine (C=N–C) groups is 1. The molecule has 1 heterocycles. The van der Waals surface area contributed by atoms with Crippen molar-refractivity contribution in [1.82, 2.24) is 15.5 Å². The molecule has 2 aromatic carbocycles. The summed E-state index contributed by atoms with van der Waals surface area (Å²) in [4.78, 5) is 18.9. The molecule has 1 aliphatic rings. The number of nitrogens with zero attached hydrogens (tertiary/aromatic N) is 2. The van der Waals surface area contributed by atoms with Gasteiger partial charge in [0, 0.05) is 25.2 Å². The lowest BCUT2D eigenvalue weighted by atomic mass is 10.00. The summed E-state index contributed by atoms with van der Waals surface area (Å²) in [7, 11) is 1.49. The molecule has 3 rings (SSSR count). The molecule has 2 aromatic rings. The number of hydrogen-bond donors (Lipinski definition) is 2. The first-order valence-electron chi connectivity index (χ1n) is 10.5. The van der Waals surface area contributed by atoms with Crippen LogP contribution in [0, 0.1) is 0 Å². The van der Waals surface area contributed by atoms with Gasteiger partial charge in [-0.1, -0.05) is 24.3 Å². The second-order valence-corrected chi connectivity index (χ2v) is 7.23. The van der Waals surface area contributed by atoms with Crippen molar-refractivity contribution in [3.05, 3.63) is 59.2 Å². The predicted molar refractivity (Wildman–Crippen MR) is 133 cm³/mol. The number of fused-ring (bicyclic) bond motifs is 1. The number of halogens is 3. The second-order valence-electron chi connectivity index (χ2n) is 7.23. The molecule has 0 saturated carbocycles. The molecule has 0 spiro atoms. The molecule has 10 heteroatoms. The Morgan fingerprint density at radius 3 is 2.64 bits per heavy atom. The molecule has 0 atom stereocenters. The highest BCUT2D eigenvalue weighted by atomic mass is 127. The van der Waals surface area contributed by atoms with E-state index in [0.29, 0.717) is 36.9 Å². The first kappa shape index (κ1) is 26.6. The van der Waals surface area contributed by atoms with Crippen molar-refractivity contribution >= 4 is 35.8 Å². The van der Waals surface area contributed by atoms with Gasteiger partial charge >= 0.3 is 6.61 Å². The van der Waals surface area contributed by atoms with E-state index < -0.39 is 6.61 Å². The lowest BCUT2D eigenvalue weighted by Crippen LogP contribution is -2.45. The Bertz CT molecular complexity index is 959. The number of ether oxygens (including phenoxy) is 2. The number of rotatable bonds is 8. The average molecular weight is 574 g/mol. The summed E-state index contributed by atoms with van der Waals surface area (Å²) < 4.78 is 35.2. The first-order valence-corrected chi connectivity index (χ1v) is 10.5. The molecule has 2 N–H and O–H groups in total. The molecule has 7 nitrogen and oxygen atoms in total. The fraction of sp³-hybridized carbons (Fsp3) is 0.391. The van der Waals surface area contributed by atoms with Crippen LogP contribution in [0.3, 0.4) is 0 Å². The maximum Gasteiger partial charge on any atom is 0.387 e. The zero-order chi connectivity index (χ0) is 22.9. The van der Waals surface area contributed by atoms with E-state index >= 15 is 0 Å². The minimum Gasteiger partial charge on any atom is -0.497 e. The molecule has 0 saturated heterocycles. The van der Waals surface area contributed by atoms with Crippen LogP contribution >= 0.6 is 24.0 Å². The number of benzene rings is 2. The number of carbonyl (C=O) groups is 1. The number of hydrogen-bond acceptors (Lipinski definition) is 4. The lowest BCUT2D eigenvalue weighted by Gasteiger charge is -2.29. The van der Waals surface area contributed by atoms with E-state index in [-0.39, 0.29) is 48.7 Å². The normalized spacial score (nSPS) is 13.1. The third kappa shape index (κ3) is 7.72. The SMILES string of the molecule is CCNC(=NCc1cc(OC)ccc1OC(F)F)NCC(=O)N1CCc2ccccc2C1.I. The first-order chi connectivity index (χ1) is 15.5. The molecule has 180 valence electrons. The van der Waals surface area contributed by atoms with E-state index in [0.717, 1.165) is 12.0 Å². The molecule has 1 amide bonds. The summed E-state index contributed by atoms with van der Waals surface area (Å²) in [6.45, 7) is 0.940. The Kier molecular flexibility index (Phi) is 10.6. The van der Waals surface area contributed by atoms with Gasteiger partial charge in [-0.05, 0) is 42.7 Å². The average Bonchev–Trinajstić information content (AvgIpc) is 2.80. The summed E-state index contributed by atoms with van der Waals surface area (Å²) in [5.74, 6) is 0.913. The predicted octanol–water partition coefficient (Wildman–Crippen LogP) is 3.55. The Labute approximate surface area is 209 Å². The summed E-state index contributed by atoms with van der Waals surface area (Å²) in [5.41, 5.74) is 2.89. The van der Waals surface area contributed by atoms with Gasteiger partial charge in [0.05, 0.1) is 20.2 Å². The van der Waals surface area contributed by atoms with E-state index in [4.69, 9.17) is 4.74 Å². The van der Waals surface area contributed by atoms with E-state index in [1.54, 1.807) is 12.1 Å². The maximum atomic E-state index is 12.7. The Balaban J connectivity index is 0.00000385. The van der Waals surface area contributed by atoms with Gasteiger partial charge in [0.25, 0.3) is 0 Å². The van der Waals surface area contributed by atoms with Crippen LogP contribution in [0.25, 0.3) is 0 Å².